The molecule has 0 fully saturated rings. The third kappa shape index (κ3) is 4.61. The molecule has 0 bridgehead atoms. The number of aromatic nitrogens is 1. The second-order valence-electron chi connectivity index (χ2n) is 4.41. The lowest BCUT2D eigenvalue weighted by atomic mass is 10.2. The standard InChI is InChI=1S/C13H23N3O/c1-4-16-9-5-6-12(16)10-14-7-8-15-13(17)11(2)3/h5-6,9,11,14H,4,7-8,10H2,1-3H3,(H,15,17). The maximum atomic E-state index is 11.3. The average molecular weight is 237 g/mol. The maximum absolute atomic E-state index is 11.3. The molecule has 0 aliphatic carbocycles. The molecule has 1 aromatic heterocycles. The summed E-state index contributed by atoms with van der Waals surface area (Å²) in [6.45, 7) is 9.25. The fraction of sp³-hybridized carbons (Fsp3) is 0.615. The minimum atomic E-state index is 0.0623. The highest BCUT2D eigenvalue weighted by Crippen LogP contribution is 2.00. The van der Waals surface area contributed by atoms with Crippen molar-refractivity contribution in [3.8, 4) is 0 Å². The molecule has 96 valence electrons. The van der Waals surface area contributed by atoms with Crippen molar-refractivity contribution >= 4 is 5.91 Å². The van der Waals surface area contributed by atoms with Crippen LogP contribution in [0.2, 0.25) is 0 Å². The summed E-state index contributed by atoms with van der Waals surface area (Å²) in [4.78, 5) is 11.3. The number of carbonyl (C=O) groups excluding carboxylic acids is 1. The average Bonchev–Trinajstić information content (AvgIpc) is 2.75. The molecule has 4 heteroatoms. The van der Waals surface area contributed by atoms with Gasteiger partial charge < -0.3 is 15.2 Å². The van der Waals surface area contributed by atoms with Crippen molar-refractivity contribution in [3.63, 3.8) is 0 Å². The molecule has 1 aromatic rings. The third-order valence-electron chi connectivity index (χ3n) is 2.70. The molecule has 0 aliphatic heterocycles. The van der Waals surface area contributed by atoms with Crippen molar-refractivity contribution in [1.29, 1.82) is 0 Å². The van der Waals surface area contributed by atoms with Crippen LogP contribution < -0.4 is 10.6 Å². The van der Waals surface area contributed by atoms with Crippen LogP contribution in [0.25, 0.3) is 0 Å². The second kappa shape index (κ2) is 7.12. The van der Waals surface area contributed by atoms with Crippen LogP contribution in [0.5, 0.6) is 0 Å². The van der Waals surface area contributed by atoms with E-state index in [9.17, 15) is 4.79 Å². The Morgan fingerprint density at radius 2 is 2.18 bits per heavy atom. The molecule has 1 rings (SSSR count). The molecule has 2 N–H and O–H groups in total. The summed E-state index contributed by atoms with van der Waals surface area (Å²) in [6.07, 6.45) is 2.08. The second-order valence-corrected chi connectivity index (χ2v) is 4.41. The van der Waals surface area contributed by atoms with Crippen LogP contribution in [-0.2, 0) is 17.9 Å². The van der Waals surface area contributed by atoms with Gasteiger partial charge in [-0.05, 0) is 19.1 Å². The molecule has 0 atom stereocenters. The Hall–Kier alpha value is -1.29. The Morgan fingerprint density at radius 1 is 1.41 bits per heavy atom. The van der Waals surface area contributed by atoms with Crippen molar-refractivity contribution in [2.75, 3.05) is 13.1 Å². The van der Waals surface area contributed by atoms with E-state index in [4.69, 9.17) is 0 Å². The highest BCUT2D eigenvalue weighted by Gasteiger charge is 2.04. The molecule has 0 saturated heterocycles. The molecule has 4 nitrogen and oxygen atoms in total. The minimum absolute atomic E-state index is 0.0623. The van der Waals surface area contributed by atoms with E-state index in [1.807, 2.05) is 13.8 Å². The van der Waals surface area contributed by atoms with Crippen LogP contribution >= 0.6 is 0 Å². The van der Waals surface area contributed by atoms with E-state index in [0.29, 0.717) is 6.54 Å². The van der Waals surface area contributed by atoms with Gasteiger partial charge in [-0.25, -0.2) is 0 Å². The zero-order chi connectivity index (χ0) is 12.7. The van der Waals surface area contributed by atoms with E-state index >= 15 is 0 Å². The van der Waals surface area contributed by atoms with Gasteiger partial charge in [-0.3, -0.25) is 4.79 Å². The number of nitrogens with one attached hydrogen (secondary N) is 2. The summed E-state index contributed by atoms with van der Waals surface area (Å²) >= 11 is 0. The molecular formula is C13H23N3O. The van der Waals surface area contributed by atoms with Crippen LogP contribution in [0.4, 0.5) is 0 Å². The molecule has 0 saturated carbocycles. The van der Waals surface area contributed by atoms with Crippen molar-refractivity contribution in [2.24, 2.45) is 5.92 Å². The molecule has 0 spiro atoms. The van der Waals surface area contributed by atoms with Crippen molar-refractivity contribution < 1.29 is 4.79 Å². The first-order chi connectivity index (χ1) is 8.15. The Labute approximate surface area is 103 Å². The number of carbonyl (C=O) groups is 1. The zero-order valence-corrected chi connectivity index (χ0v) is 11.0. The normalized spacial score (nSPS) is 10.8. The largest absolute Gasteiger partial charge is 0.355 e. The summed E-state index contributed by atoms with van der Waals surface area (Å²) in [5.74, 6) is 0.177. The van der Waals surface area contributed by atoms with Gasteiger partial charge in [0.05, 0.1) is 0 Å². The first-order valence-electron chi connectivity index (χ1n) is 6.27. The van der Waals surface area contributed by atoms with Gasteiger partial charge in [0.2, 0.25) is 5.91 Å². The summed E-state index contributed by atoms with van der Waals surface area (Å²) in [7, 11) is 0. The molecule has 0 aromatic carbocycles. The van der Waals surface area contributed by atoms with Gasteiger partial charge in [-0.2, -0.15) is 0 Å². The van der Waals surface area contributed by atoms with Crippen molar-refractivity contribution in [3.05, 3.63) is 24.0 Å². The van der Waals surface area contributed by atoms with Crippen LogP contribution in [0.3, 0.4) is 0 Å². The lowest BCUT2D eigenvalue weighted by Gasteiger charge is -2.10. The number of hydrogen-bond donors (Lipinski definition) is 2. The van der Waals surface area contributed by atoms with E-state index in [0.717, 1.165) is 19.6 Å². The van der Waals surface area contributed by atoms with Crippen LogP contribution in [0.1, 0.15) is 26.5 Å². The molecule has 1 amide bonds. The summed E-state index contributed by atoms with van der Waals surface area (Å²) < 4.78 is 2.21. The van der Waals surface area contributed by atoms with Crippen LogP contribution in [0, 0.1) is 5.92 Å². The van der Waals surface area contributed by atoms with Crippen molar-refractivity contribution in [2.45, 2.75) is 33.9 Å². The van der Waals surface area contributed by atoms with Gasteiger partial charge in [-0.1, -0.05) is 13.8 Å². The third-order valence-corrected chi connectivity index (χ3v) is 2.70. The van der Waals surface area contributed by atoms with Gasteiger partial charge >= 0.3 is 0 Å². The lowest BCUT2D eigenvalue weighted by molar-refractivity contribution is -0.123. The van der Waals surface area contributed by atoms with Gasteiger partial charge in [0.25, 0.3) is 0 Å². The highest BCUT2D eigenvalue weighted by molar-refractivity contribution is 5.77. The van der Waals surface area contributed by atoms with E-state index in [1.165, 1.54) is 5.69 Å². The van der Waals surface area contributed by atoms with Gasteiger partial charge in [-0.15, -0.1) is 0 Å². The van der Waals surface area contributed by atoms with Crippen molar-refractivity contribution in [1.82, 2.24) is 15.2 Å². The van der Waals surface area contributed by atoms with Crippen LogP contribution in [-0.4, -0.2) is 23.6 Å². The first-order valence-corrected chi connectivity index (χ1v) is 6.27. The Morgan fingerprint density at radius 3 is 2.82 bits per heavy atom. The SMILES string of the molecule is CCn1cccc1CNCCNC(=O)C(C)C. The number of rotatable bonds is 7. The molecule has 0 aliphatic rings. The number of nitrogens with zero attached hydrogens (tertiary/aromatic N) is 1. The highest BCUT2D eigenvalue weighted by atomic mass is 16.1. The fourth-order valence-corrected chi connectivity index (χ4v) is 1.61. The van der Waals surface area contributed by atoms with E-state index in [1.54, 1.807) is 0 Å². The maximum Gasteiger partial charge on any atom is 0.222 e. The first kappa shape index (κ1) is 13.8. The van der Waals surface area contributed by atoms with E-state index in [-0.39, 0.29) is 11.8 Å². The molecule has 0 unspecified atom stereocenters. The Balaban J connectivity index is 2.14. The number of aryl methyl sites for hydroxylation is 1. The minimum Gasteiger partial charge on any atom is -0.355 e. The Kier molecular flexibility index (Phi) is 5.77. The predicted octanol–water partition coefficient (Wildman–Crippen LogP) is 1.37. The van der Waals surface area contributed by atoms with Gasteiger partial charge in [0.15, 0.2) is 0 Å². The molecular weight excluding hydrogens is 214 g/mol. The summed E-state index contributed by atoms with van der Waals surface area (Å²) in [5.41, 5.74) is 1.28. The topological polar surface area (TPSA) is 46.1 Å². The van der Waals surface area contributed by atoms with Crippen LogP contribution in [0.15, 0.2) is 18.3 Å². The number of hydrogen-bond acceptors (Lipinski definition) is 2. The lowest BCUT2D eigenvalue weighted by Crippen LogP contribution is -2.34. The fourth-order valence-electron chi connectivity index (χ4n) is 1.61. The molecule has 0 radical (unpaired) electrons. The van der Waals surface area contributed by atoms with Gasteiger partial charge in [0, 0.05) is 44.0 Å². The molecule has 1 heterocycles. The summed E-state index contributed by atoms with van der Waals surface area (Å²) in [6, 6.07) is 4.17. The van der Waals surface area contributed by atoms with E-state index < -0.39 is 0 Å². The molecule has 17 heavy (non-hydrogen) atoms. The monoisotopic (exact) mass is 237 g/mol. The smallest absolute Gasteiger partial charge is 0.222 e. The van der Waals surface area contributed by atoms with Gasteiger partial charge in [0.1, 0.15) is 0 Å². The number of amides is 1. The Bertz CT molecular complexity index is 344. The summed E-state index contributed by atoms with van der Waals surface area (Å²) in [5, 5.41) is 6.20. The quantitative estimate of drug-likeness (QED) is 0.704. The zero-order valence-electron chi connectivity index (χ0n) is 11.0. The van der Waals surface area contributed by atoms with E-state index in [2.05, 4.69) is 40.5 Å². The predicted molar refractivity (Wildman–Crippen MR) is 69.7 cm³/mol.